The quantitative estimate of drug-likeness (QED) is 0.776. The molecule has 4 heteroatoms. The molecule has 0 spiro atoms. The van der Waals surface area contributed by atoms with Gasteiger partial charge in [-0.3, -0.25) is 9.69 Å². The Morgan fingerprint density at radius 2 is 2.12 bits per heavy atom. The molecule has 1 N–H and O–H groups in total. The number of carbonyl (C=O) groups is 1. The summed E-state index contributed by atoms with van der Waals surface area (Å²) in [6.45, 7) is 3.74. The van der Waals surface area contributed by atoms with Gasteiger partial charge in [0.25, 0.3) is 0 Å². The minimum Gasteiger partial charge on any atom is -0.480 e. The molecule has 0 bridgehead atoms. The van der Waals surface area contributed by atoms with E-state index in [1.807, 2.05) is 0 Å². The Hall–Kier alpha value is -0.610. The summed E-state index contributed by atoms with van der Waals surface area (Å²) >= 11 is 0. The molecule has 0 amide bonds. The van der Waals surface area contributed by atoms with Gasteiger partial charge in [-0.1, -0.05) is 12.8 Å². The molecule has 3 atom stereocenters. The largest absolute Gasteiger partial charge is 0.480 e. The molecular formula is C12H21NO3. The number of carboxylic acids is 1. The molecule has 92 valence electrons. The van der Waals surface area contributed by atoms with Crippen molar-refractivity contribution in [3.05, 3.63) is 0 Å². The normalized spacial score (nSPS) is 37.2. The van der Waals surface area contributed by atoms with Crippen LogP contribution in [0.15, 0.2) is 0 Å². The molecule has 0 aliphatic carbocycles. The summed E-state index contributed by atoms with van der Waals surface area (Å²) < 4.78 is 5.55. The van der Waals surface area contributed by atoms with Crippen LogP contribution in [0.2, 0.25) is 0 Å². The van der Waals surface area contributed by atoms with Gasteiger partial charge in [-0.2, -0.15) is 0 Å². The number of ether oxygens (including phenoxy) is 1. The summed E-state index contributed by atoms with van der Waals surface area (Å²) in [5, 5.41) is 9.30. The molecule has 0 radical (unpaired) electrons. The van der Waals surface area contributed by atoms with Crippen LogP contribution in [-0.2, 0) is 9.53 Å². The molecule has 0 aromatic carbocycles. The molecule has 2 saturated heterocycles. The highest BCUT2D eigenvalue weighted by molar-refractivity contribution is 5.73. The number of nitrogens with zero attached hydrogens (tertiary/aromatic N) is 1. The van der Waals surface area contributed by atoms with Gasteiger partial charge in [0, 0.05) is 12.6 Å². The van der Waals surface area contributed by atoms with Gasteiger partial charge in [0.15, 0.2) is 0 Å². The van der Waals surface area contributed by atoms with Crippen molar-refractivity contribution >= 4 is 5.97 Å². The van der Waals surface area contributed by atoms with Crippen molar-refractivity contribution in [3.8, 4) is 0 Å². The van der Waals surface area contributed by atoms with Crippen LogP contribution in [0.1, 0.15) is 39.0 Å². The maximum absolute atomic E-state index is 11.3. The number of hydrogen-bond donors (Lipinski definition) is 1. The second kappa shape index (κ2) is 5.15. The molecule has 0 saturated carbocycles. The van der Waals surface area contributed by atoms with Crippen LogP contribution in [0.5, 0.6) is 0 Å². The van der Waals surface area contributed by atoms with E-state index >= 15 is 0 Å². The molecule has 2 aliphatic heterocycles. The zero-order valence-corrected chi connectivity index (χ0v) is 9.89. The third-order valence-electron chi connectivity index (χ3n) is 3.84. The highest BCUT2D eigenvalue weighted by Gasteiger charge is 2.37. The van der Waals surface area contributed by atoms with Crippen LogP contribution >= 0.6 is 0 Å². The maximum Gasteiger partial charge on any atom is 0.320 e. The van der Waals surface area contributed by atoms with E-state index in [0.29, 0.717) is 6.04 Å². The van der Waals surface area contributed by atoms with Crippen molar-refractivity contribution in [2.75, 3.05) is 13.2 Å². The molecule has 0 aromatic heterocycles. The first-order valence-electron chi connectivity index (χ1n) is 6.30. The molecule has 2 heterocycles. The Labute approximate surface area is 96.6 Å². The number of rotatable bonds is 2. The topological polar surface area (TPSA) is 49.8 Å². The fourth-order valence-electron chi connectivity index (χ4n) is 2.95. The summed E-state index contributed by atoms with van der Waals surface area (Å²) in [4.78, 5) is 13.5. The van der Waals surface area contributed by atoms with Gasteiger partial charge in [-0.05, 0) is 32.7 Å². The molecular weight excluding hydrogens is 206 g/mol. The van der Waals surface area contributed by atoms with Crippen molar-refractivity contribution < 1.29 is 14.6 Å². The Bertz CT molecular complexity index is 257. The minimum absolute atomic E-state index is 0.181. The molecule has 16 heavy (non-hydrogen) atoms. The second-order valence-corrected chi connectivity index (χ2v) is 4.87. The monoisotopic (exact) mass is 227 g/mol. The van der Waals surface area contributed by atoms with Crippen molar-refractivity contribution in [2.45, 2.75) is 57.2 Å². The van der Waals surface area contributed by atoms with E-state index in [1.54, 1.807) is 0 Å². The predicted octanol–water partition coefficient (Wildman–Crippen LogP) is 1.49. The van der Waals surface area contributed by atoms with Crippen molar-refractivity contribution in [1.82, 2.24) is 4.90 Å². The first-order chi connectivity index (χ1) is 7.70. The summed E-state index contributed by atoms with van der Waals surface area (Å²) in [6, 6.07) is 0.0100. The Balaban J connectivity index is 2.10. The lowest BCUT2D eigenvalue weighted by atomic mass is 10.0. The molecule has 2 rings (SSSR count). The van der Waals surface area contributed by atoms with E-state index in [4.69, 9.17) is 4.74 Å². The SMILES string of the molecule is CC1OCCC1N1CCCCCC1C(=O)O. The first-order valence-corrected chi connectivity index (χ1v) is 6.30. The first kappa shape index (κ1) is 11.9. The van der Waals surface area contributed by atoms with Gasteiger partial charge in [0.1, 0.15) is 6.04 Å². The number of hydrogen-bond acceptors (Lipinski definition) is 3. The smallest absolute Gasteiger partial charge is 0.320 e. The van der Waals surface area contributed by atoms with E-state index in [-0.39, 0.29) is 12.1 Å². The van der Waals surface area contributed by atoms with E-state index < -0.39 is 5.97 Å². The van der Waals surface area contributed by atoms with E-state index in [1.165, 1.54) is 0 Å². The zero-order valence-electron chi connectivity index (χ0n) is 9.89. The zero-order chi connectivity index (χ0) is 11.5. The Morgan fingerprint density at radius 3 is 2.75 bits per heavy atom. The lowest BCUT2D eigenvalue weighted by Gasteiger charge is -2.34. The lowest BCUT2D eigenvalue weighted by Crippen LogP contribution is -2.49. The summed E-state index contributed by atoms with van der Waals surface area (Å²) in [6.07, 6.45) is 5.26. The highest BCUT2D eigenvalue weighted by Crippen LogP contribution is 2.26. The lowest BCUT2D eigenvalue weighted by molar-refractivity contribution is -0.144. The van der Waals surface area contributed by atoms with Gasteiger partial charge in [0.05, 0.1) is 6.10 Å². The van der Waals surface area contributed by atoms with Crippen molar-refractivity contribution in [1.29, 1.82) is 0 Å². The van der Waals surface area contributed by atoms with E-state index in [0.717, 1.165) is 45.3 Å². The average Bonchev–Trinajstić information content (AvgIpc) is 2.54. The Kier molecular flexibility index (Phi) is 3.82. The molecule has 4 nitrogen and oxygen atoms in total. The number of likely N-dealkylation sites (tertiary alicyclic amines) is 1. The third-order valence-corrected chi connectivity index (χ3v) is 3.84. The summed E-state index contributed by atoms with van der Waals surface area (Å²) in [7, 11) is 0. The van der Waals surface area contributed by atoms with E-state index in [2.05, 4.69) is 11.8 Å². The average molecular weight is 227 g/mol. The van der Waals surface area contributed by atoms with Crippen LogP contribution in [0.25, 0.3) is 0 Å². The number of carboxylic acid groups (broad SMARTS) is 1. The van der Waals surface area contributed by atoms with Gasteiger partial charge in [-0.25, -0.2) is 0 Å². The third kappa shape index (κ3) is 2.38. The van der Waals surface area contributed by atoms with Crippen molar-refractivity contribution in [2.24, 2.45) is 0 Å². The second-order valence-electron chi connectivity index (χ2n) is 4.87. The standard InChI is InChI=1S/C12H21NO3/c1-9-10(6-8-16-9)13-7-4-2-3-5-11(13)12(14)15/h9-11H,2-8H2,1H3,(H,14,15). The predicted molar refractivity (Wildman–Crippen MR) is 60.4 cm³/mol. The van der Waals surface area contributed by atoms with Crippen molar-refractivity contribution in [3.63, 3.8) is 0 Å². The van der Waals surface area contributed by atoms with Crippen LogP contribution in [0.3, 0.4) is 0 Å². The minimum atomic E-state index is -0.666. The van der Waals surface area contributed by atoms with Gasteiger partial charge in [0.2, 0.25) is 0 Å². The summed E-state index contributed by atoms with van der Waals surface area (Å²) in [5.74, 6) is -0.666. The number of aliphatic carboxylic acids is 1. The molecule has 2 fully saturated rings. The summed E-state index contributed by atoms with van der Waals surface area (Å²) in [5.41, 5.74) is 0. The van der Waals surface area contributed by atoms with Gasteiger partial charge < -0.3 is 9.84 Å². The Morgan fingerprint density at radius 1 is 1.31 bits per heavy atom. The fraction of sp³-hybridized carbons (Fsp3) is 0.917. The van der Waals surface area contributed by atoms with E-state index in [9.17, 15) is 9.90 Å². The highest BCUT2D eigenvalue weighted by atomic mass is 16.5. The molecule has 0 aromatic rings. The van der Waals surface area contributed by atoms with Crippen LogP contribution in [0, 0.1) is 0 Å². The molecule has 3 unspecified atom stereocenters. The van der Waals surface area contributed by atoms with Gasteiger partial charge in [-0.15, -0.1) is 0 Å². The van der Waals surface area contributed by atoms with Gasteiger partial charge >= 0.3 is 5.97 Å². The van der Waals surface area contributed by atoms with Crippen LogP contribution in [-0.4, -0.2) is 47.3 Å². The van der Waals surface area contributed by atoms with Crippen LogP contribution < -0.4 is 0 Å². The maximum atomic E-state index is 11.3. The molecule has 2 aliphatic rings. The fourth-order valence-corrected chi connectivity index (χ4v) is 2.95. The van der Waals surface area contributed by atoms with Crippen LogP contribution in [0.4, 0.5) is 0 Å².